The Labute approximate surface area is 136 Å². The fourth-order valence-electron chi connectivity index (χ4n) is 2.75. The Kier molecular flexibility index (Phi) is 5.90. The van der Waals surface area contributed by atoms with E-state index in [0.29, 0.717) is 23.7 Å². The van der Waals surface area contributed by atoms with Crippen LogP contribution in [0.4, 0.5) is 11.4 Å². The van der Waals surface area contributed by atoms with Gasteiger partial charge in [-0.05, 0) is 46.8 Å². The van der Waals surface area contributed by atoms with Crippen LogP contribution in [0.5, 0.6) is 0 Å². The molecule has 1 aliphatic rings. The van der Waals surface area contributed by atoms with Gasteiger partial charge < -0.3 is 11.1 Å². The summed E-state index contributed by atoms with van der Waals surface area (Å²) in [7, 11) is 0. The van der Waals surface area contributed by atoms with Crippen molar-refractivity contribution in [3.8, 4) is 0 Å². The molecular formula is C15H20Br2N2O. The van der Waals surface area contributed by atoms with Gasteiger partial charge in [-0.15, -0.1) is 0 Å². The minimum atomic E-state index is 0.0617. The number of benzene rings is 1. The first-order valence-corrected chi connectivity index (χ1v) is 8.69. The first-order chi connectivity index (χ1) is 9.56. The number of nitrogen functional groups attached to an aromatic ring is 1. The second-order valence-electron chi connectivity index (χ2n) is 5.46. The lowest BCUT2D eigenvalue weighted by atomic mass is 9.96. The number of anilines is 2. The Hall–Kier alpha value is -0.550. The van der Waals surface area contributed by atoms with Crippen LogP contribution in [0.3, 0.4) is 0 Å². The van der Waals surface area contributed by atoms with Crippen molar-refractivity contribution in [3.63, 3.8) is 0 Å². The van der Waals surface area contributed by atoms with Crippen LogP contribution in [-0.2, 0) is 4.79 Å². The number of hydrogen-bond acceptors (Lipinski definition) is 2. The normalized spacial score (nSPS) is 16.7. The van der Waals surface area contributed by atoms with Crippen LogP contribution in [0.2, 0.25) is 0 Å². The zero-order valence-electron chi connectivity index (χ0n) is 11.4. The molecule has 20 heavy (non-hydrogen) atoms. The predicted molar refractivity (Wildman–Crippen MR) is 90.7 cm³/mol. The largest absolute Gasteiger partial charge is 0.397 e. The van der Waals surface area contributed by atoms with Crippen molar-refractivity contribution in [2.24, 2.45) is 5.92 Å². The molecule has 0 bridgehead atoms. The maximum Gasteiger partial charge on any atom is 0.224 e. The van der Waals surface area contributed by atoms with Crippen molar-refractivity contribution >= 4 is 49.1 Å². The van der Waals surface area contributed by atoms with Crippen molar-refractivity contribution in [2.75, 3.05) is 11.1 Å². The predicted octanol–water partition coefficient (Wildman–Crippen LogP) is 5.09. The molecule has 3 N–H and O–H groups in total. The number of rotatable bonds is 3. The molecule has 0 unspecified atom stereocenters. The molecule has 1 fully saturated rings. The van der Waals surface area contributed by atoms with E-state index in [9.17, 15) is 4.79 Å². The second kappa shape index (κ2) is 7.46. The summed E-state index contributed by atoms with van der Waals surface area (Å²) in [5.41, 5.74) is 7.20. The minimum absolute atomic E-state index is 0.0617. The Balaban J connectivity index is 1.97. The molecule has 0 heterocycles. The van der Waals surface area contributed by atoms with Crippen LogP contribution in [0.25, 0.3) is 0 Å². The van der Waals surface area contributed by atoms with Crippen molar-refractivity contribution in [3.05, 3.63) is 21.1 Å². The van der Waals surface area contributed by atoms with Gasteiger partial charge >= 0.3 is 0 Å². The molecule has 1 aliphatic carbocycles. The smallest absolute Gasteiger partial charge is 0.224 e. The summed E-state index contributed by atoms with van der Waals surface area (Å²) in [4.78, 5) is 12.2. The molecule has 1 saturated carbocycles. The average Bonchev–Trinajstić information content (AvgIpc) is 2.62. The van der Waals surface area contributed by atoms with E-state index in [0.717, 1.165) is 8.95 Å². The fraction of sp³-hybridized carbons (Fsp3) is 0.533. The molecule has 2 rings (SSSR count). The molecule has 0 spiro atoms. The highest BCUT2D eigenvalue weighted by atomic mass is 79.9. The van der Waals surface area contributed by atoms with E-state index in [1.807, 2.05) is 6.07 Å². The summed E-state index contributed by atoms with van der Waals surface area (Å²) in [6.45, 7) is 0. The highest BCUT2D eigenvalue weighted by Gasteiger charge is 2.17. The summed E-state index contributed by atoms with van der Waals surface area (Å²) < 4.78 is 1.70. The monoisotopic (exact) mass is 402 g/mol. The molecule has 1 aromatic carbocycles. The summed E-state index contributed by atoms with van der Waals surface area (Å²) in [5.74, 6) is 0.583. The Morgan fingerprint density at radius 2 is 1.85 bits per heavy atom. The molecule has 0 aromatic heterocycles. The summed E-state index contributed by atoms with van der Waals surface area (Å²) in [5, 5.41) is 2.94. The third-order valence-electron chi connectivity index (χ3n) is 3.80. The lowest BCUT2D eigenvalue weighted by Crippen LogP contribution is -2.17. The summed E-state index contributed by atoms with van der Waals surface area (Å²) in [6, 6.07) is 3.68. The average molecular weight is 404 g/mol. The highest BCUT2D eigenvalue weighted by molar-refractivity contribution is 9.11. The fourth-order valence-corrected chi connectivity index (χ4v) is 4.10. The van der Waals surface area contributed by atoms with Crippen LogP contribution in [-0.4, -0.2) is 5.91 Å². The molecule has 0 atom stereocenters. The Morgan fingerprint density at radius 3 is 2.45 bits per heavy atom. The van der Waals surface area contributed by atoms with E-state index < -0.39 is 0 Å². The van der Waals surface area contributed by atoms with Gasteiger partial charge in [0.2, 0.25) is 5.91 Å². The van der Waals surface area contributed by atoms with Crippen LogP contribution in [0.1, 0.15) is 44.9 Å². The Morgan fingerprint density at radius 1 is 1.20 bits per heavy atom. The molecule has 1 amide bonds. The van der Waals surface area contributed by atoms with Crippen LogP contribution >= 0.6 is 31.9 Å². The molecular weight excluding hydrogens is 384 g/mol. The van der Waals surface area contributed by atoms with Crippen molar-refractivity contribution < 1.29 is 4.79 Å². The third kappa shape index (κ3) is 4.48. The van der Waals surface area contributed by atoms with Gasteiger partial charge in [0.05, 0.1) is 11.4 Å². The van der Waals surface area contributed by atoms with Crippen LogP contribution < -0.4 is 11.1 Å². The van der Waals surface area contributed by atoms with Crippen molar-refractivity contribution in [1.82, 2.24) is 0 Å². The summed E-state index contributed by atoms with van der Waals surface area (Å²) >= 11 is 6.82. The van der Waals surface area contributed by atoms with E-state index >= 15 is 0 Å². The topological polar surface area (TPSA) is 55.1 Å². The molecule has 0 saturated heterocycles. The standard InChI is InChI=1S/C15H20Br2N2O/c16-11-8-12(17)15(13(18)9-11)19-14(20)7-10-5-3-1-2-4-6-10/h8-10H,1-7,18H2,(H,19,20). The van der Waals surface area contributed by atoms with Gasteiger partial charge in [0.15, 0.2) is 0 Å². The van der Waals surface area contributed by atoms with Crippen molar-refractivity contribution in [2.45, 2.75) is 44.9 Å². The number of carbonyl (C=O) groups excluding carboxylic acids is 1. The van der Waals surface area contributed by atoms with E-state index in [4.69, 9.17) is 5.73 Å². The van der Waals surface area contributed by atoms with E-state index in [2.05, 4.69) is 37.2 Å². The molecule has 0 aliphatic heterocycles. The van der Waals surface area contributed by atoms with E-state index in [1.165, 1.54) is 38.5 Å². The zero-order valence-corrected chi connectivity index (χ0v) is 14.6. The minimum Gasteiger partial charge on any atom is -0.397 e. The van der Waals surface area contributed by atoms with Gasteiger partial charge in [-0.3, -0.25) is 4.79 Å². The van der Waals surface area contributed by atoms with Gasteiger partial charge in [-0.25, -0.2) is 0 Å². The first kappa shape index (κ1) is 15.8. The lowest BCUT2D eigenvalue weighted by molar-refractivity contribution is -0.117. The quantitative estimate of drug-likeness (QED) is 0.545. The molecule has 1 aromatic rings. The SMILES string of the molecule is Nc1cc(Br)cc(Br)c1NC(=O)CC1CCCCCC1. The molecule has 5 heteroatoms. The van der Waals surface area contributed by atoms with Crippen LogP contribution in [0, 0.1) is 5.92 Å². The second-order valence-corrected chi connectivity index (χ2v) is 7.23. The molecule has 110 valence electrons. The Bertz CT molecular complexity index is 460. The van der Waals surface area contributed by atoms with Gasteiger partial charge in [0.1, 0.15) is 0 Å². The number of nitrogens with one attached hydrogen (secondary N) is 1. The van der Waals surface area contributed by atoms with Gasteiger partial charge in [0, 0.05) is 15.4 Å². The van der Waals surface area contributed by atoms with Gasteiger partial charge in [-0.2, -0.15) is 0 Å². The third-order valence-corrected chi connectivity index (χ3v) is 4.88. The number of carbonyl (C=O) groups is 1. The zero-order chi connectivity index (χ0) is 14.5. The summed E-state index contributed by atoms with van der Waals surface area (Å²) in [6.07, 6.45) is 8.06. The number of halogens is 2. The number of amides is 1. The van der Waals surface area contributed by atoms with Crippen LogP contribution in [0.15, 0.2) is 21.1 Å². The lowest BCUT2D eigenvalue weighted by Gasteiger charge is -2.15. The number of hydrogen-bond donors (Lipinski definition) is 2. The van der Waals surface area contributed by atoms with Gasteiger partial charge in [-0.1, -0.05) is 41.6 Å². The van der Waals surface area contributed by atoms with Crippen molar-refractivity contribution in [1.29, 1.82) is 0 Å². The van der Waals surface area contributed by atoms with Gasteiger partial charge in [0.25, 0.3) is 0 Å². The maximum atomic E-state index is 12.2. The van der Waals surface area contributed by atoms with E-state index in [-0.39, 0.29) is 5.91 Å². The first-order valence-electron chi connectivity index (χ1n) is 7.10. The maximum absolute atomic E-state index is 12.2. The molecule has 3 nitrogen and oxygen atoms in total. The molecule has 0 radical (unpaired) electrons. The highest BCUT2D eigenvalue weighted by Crippen LogP contribution is 2.33. The van der Waals surface area contributed by atoms with E-state index in [1.54, 1.807) is 6.07 Å². The number of nitrogens with two attached hydrogens (primary N) is 1.